The zero-order valence-electron chi connectivity index (χ0n) is 36.7. The molecule has 0 bridgehead atoms. The van der Waals surface area contributed by atoms with Gasteiger partial charge in [0.05, 0.1) is 11.0 Å². The number of aromatic nitrogens is 1. The maximum absolute atomic E-state index is 6.37. The molecule has 0 amide bonds. The third-order valence-corrected chi connectivity index (χ3v) is 14.0. The van der Waals surface area contributed by atoms with E-state index in [-0.39, 0.29) is 5.41 Å². The number of hydrogen-bond acceptors (Lipinski definition) is 2. The molecule has 0 unspecified atom stereocenters. The van der Waals surface area contributed by atoms with Gasteiger partial charge in [-0.15, -0.1) is 0 Å². The first-order valence-electron chi connectivity index (χ1n) is 22.8. The second-order valence-electron chi connectivity index (χ2n) is 18.1. The SMILES string of the molecule is CC1(C)c2cc(-c3ccccc3)ccc2-c2ccc(N(c3ccc(-c4ccccc4)cc3)c3ccc(-c4ccc(-n5c6ccccc6c6cc7c(cc65)oc5ccccc57)cc4)cc3)cc21. The average molecular weight is 845 g/mol. The summed E-state index contributed by atoms with van der Waals surface area (Å²) in [5.74, 6) is 0. The minimum Gasteiger partial charge on any atom is -0.456 e. The quantitative estimate of drug-likeness (QED) is 0.159. The summed E-state index contributed by atoms with van der Waals surface area (Å²) in [5, 5.41) is 4.74. The van der Waals surface area contributed by atoms with E-state index >= 15 is 0 Å². The Morgan fingerprint density at radius 2 is 0.848 bits per heavy atom. The third-order valence-electron chi connectivity index (χ3n) is 14.0. The van der Waals surface area contributed by atoms with Crippen molar-refractivity contribution in [1.82, 2.24) is 4.57 Å². The van der Waals surface area contributed by atoms with Crippen molar-refractivity contribution in [2.24, 2.45) is 0 Å². The van der Waals surface area contributed by atoms with Gasteiger partial charge in [0.25, 0.3) is 0 Å². The number of fused-ring (bicyclic) bond motifs is 9. The first-order valence-corrected chi connectivity index (χ1v) is 22.8. The normalized spacial score (nSPS) is 12.8. The summed E-state index contributed by atoms with van der Waals surface area (Å²) in [7, 11) is 0. The van der Waals surface area contributed by atoms with Gasteiger partial charge in [-0.1, -0.05) is 166 Å². The minimum atomic E-state index is -0.177. The summed E-state index contributed by atoms with van der Waals surface area (Å²) >= 11 is 0. The highest BCUT2D eigenvalue weighted by Crippen LogP contribution is 2.52. The van der Waals surface area contributed by atoms with E-state index < -0.39 is 0 Å². The Bertz CT molecular complexity index is 3800. The number of anilines is 3. The van der Waals surface area contributed by atoms with Crippen LogP contribution in [0.3, 0.4) is 0 Å². The van der Waals surface area contributed by atoms with Gasteiger partial charge in [-0.3, -0.25) is 0 Å². The molecule has 1 aliphatic carbocycles. The van der Waals surface area contributed by atoms with E-state index in [1.165, 1.54) is 60.8 Å². The fraction of sp³-hybridized carbons (Fsp3) is 0.0476. The van der Waals surface area contributed by atoms with Crippen LogP contribution in [0.2, 0.25) is 0 Å². The van der Waals surface area contributed by atoms with E-state index in [1.54, 1.807) is 0 Å². The van der Waals surface area contributed by atoms with Crippen LogP contribution in [0.4, 0.5) is 17.1 Å². The first-order chi connectivity index (χ1) is 32.5. The van der Waals surface area contributed by atoms with Crippen molar-refractivity contribution < 1.29 is 4.42 Å². The van der Waals surface area contributed by atoms with Gasteiger partial charge in [-0.05, 0) is 128 Å². The number of rotatable bonds is 7. The summed E-state index contributed by atoms with van der Waals surface area (Å²) in [6, 6.07) is 83.8. The van der Waals surface area contributed by atoms with Crippen LogP contribution in [-0.2, 0) is 5.41 Å². The zero-order valence-corrected chi connectivity index (χ0v) is 36.7. The minimum absolute atomic E-state index is 0.177. The topological polar surface area (TPSA) is 21.3 Å². The van der Waals surface area contributed by atoms with Crippen molar-refractivity contribution in [3.8, 4) is 50.2 Å². The van der Waals surface area contributed by atoms with Gasteiger partial charge >= 0.3 is 0 Å². The predicted octanol–water partition coefficient (Wildman–Crippen LogP) is 17.5. The van der Waals surface area contributed by atoms with Crippen molar-refractivity contribution in [2.75, 3.05) is 4.90 Å². The van der Waals surface area contributed by atoms with Crippen LogP contribution >= 0.6 is 0 Å². The second kappa shape index (κ2) is 14.8. The van der Waals surface area contributed by atoms with Crippen LogP contribution in [0.5, 0.6) is 0 Å². The fourth-order valence-electron chi connectivity index (χ4n) is 10.6. The van der Waals surface area contributed by atoms with Crippen molar-refractivity contribution in [1.29, 1.82) is 0 Å². The highest BCUT2D eigenvalue weighted by molar-refractivity contribution is 6.17. The van der Waals surface area contributed by atoms with Gasteiger partial charge in [-0.2, -0.15) is 0 Å². The number of nitrogens with zero attached hydrogens (tertiary/aromatic N) is 2. The number of hydrogen-bond donors (Lipinski definition) is 0. The molecule has 2 heterocycles. The van der Waals surface area contributed by atoms with Crippen LogP contribution in [-0.4, -0.2) is 4.57 Å². The summed E-state index contributed by atoms with van der Waals surface area (Å²) in [4.78, 5) is 2.40. The Morgan fingerprint density at radius 1 is 0.348 bits per heavy atom. The van der Waals surface area contributed by atoms with Gasteiger partial charge in [0.1, 0.15) is 11.2 Å². The molecule has 0 saturated heterocycles. The Balaban J connectivity index is 0.867. The molecule has 1 aliphatic rings. The molecule has 0 radical (unpaired) electrons. The first kappa shape index (κ1) is 38.1. The molecule has 0 N–H and O–H groups in total. The average Bonchev–Trinajstić information content (AvgIpc) is 3.98. The number of para-hydroxylation sites is 2. The lowest BCUT2D eigenvalue weighted by atomic mass is 9.81. The summed E-state index contributed by atoms with van der Waals surface area (Å²) in [5.41, 5.74) is 20.9. The standard InChI is InChI=1S/C63H44N2O/c1-63(2)57-37-46(42-15-7-4-8-16-42)27-35-51(57)52-36-34-50(38-58(52)63)64(47-28-21-43(22-29-47)41-13-5-3-6-14-41)48-30-23-44(24-31-48)45-25-32-49(33-26-45)65-59-19-11-9-17-53(59)55-39-56-54-18-10-12-20-61(54)66-62(56)40-60(55)65/h3-40H,1-2H3. The molecule has 0 aliphatic heterocycles. The van der Waals surface area contributed by atoms with E-state index in [0.29, 0.717) is 0 Å². The zero-order chi connectivity index (χ0) is 43.9. The Morgan fingerprint density at radius 3 is 1.52 bits per heavy atom. The van der Waals surface area contributed by atoms with Crippen molar-refractivity contribution in [3.63, 3.8) is 0 Å². The van der Waals surface area contributed by atoms with Gasteiger partial charge in [0.15, 0.2) is 0 Å². The molecule has 13 rings (SSSR count). The van der Waals surface area contributed by atoms with Gasteiger partial charge < -0.3 is 13.9 Å². The van der Waals surface area contributed by atoms with Gasteiger partial charge in [0, 0.05) is 55.8 Å². The highest BCUT2D eigenvalue weighted by Gasteiger charge is 2.36. The van der Waals surface area contributed by atoms with E-state index in [4.69, 9.17) is 4.42 Å². The van der Waals surface area contributed by atoms with Crippen LogP contribution < -0.4 is 4.90 Å². The summed E-state index contributed by atoms with van der Waals surface area (Å²) in [6.07, 6.45) is 0. The molecule has 66 heavy (non-hydrogen) atoms. The molecule has 3 nitrogen and oxygen atoms in total. The smallest absolute Gasteiger partial charge is 0.137 e. The van der Waals surface area contributed by atoms with Crippen LogP contribution in [0, 0.1) is 0 Å². The molecule has 10 aromatic carbocycles. The molecule has 0 spiro atoms. The maximum Gasteiger partial charge on any atom is 0.137 e. The van der Waals surface area contributed by atoms with Crippen LogP contribution in [0.1, 0.15) is 25.0 Å². The number of benzene rings is 10. The van der Waals surface area contributed by atoms with Gasteiger partial charge in [-0.25, -0.2) is 0 Å². The summed E-state index contributed by atoms with van der Waals surface area (Å²) < 4.78 is 8.74. The lowest BCUT2D eigenvalue weighted by molar-refractivity contribution is 0.660. The molecule has 0 saturated carbocycles. The molecule has 312 valence electrons. The van der Waals surface area contributed by atoms with Crippen molar-refractivity contribution in [3.05, 3.63) is 242 Å². The maximum atomic E-state index is 6.37. The monoisotopic (exact) mass is 844 g/mol. The summed E-state index contributed by atoms with van der Waals surface area (Å²) in [6.45, 7) is 4.74. The Hall–Kier alpha value is -8.40. The van der Waals surface area contributed by atoms with E-state index in [9.17, 15) is 0 Å². The molecule has 2 aromatic heterocycles. The van der Waals surface area contributed by atoms with E-state index in [0.717, 1.165) is 61.3 Å². The highest BCUT2D eigenvalue weighted by atomic mass is 16.3. The largest absolute Gasteiger partial charge is 0.456 e. The van der Waals surface area contributed by atoms with E-state index in [1.807, 2.05) is 12.1 Å². The lowest BCUT2D eigenvalue weighted by Crippen LogP contribution is -2.16. The third kappa shape index (κ3) is 6.04. The van der Waals surface area contributed by atoms with Crippen molar-refractivity contribution in [2.45, 2.75) is 19.3 Å². The lowest BCUT2D eigenvalue weighted by Gasteiger charge is -2.28. The Labute approximate surface area is 384 Å². The molecule has 0 atom stereocenters. The number of furan rings is 1. The molecule has 0 fully saturated rings. The van der Waals surface area contributed by atoms with Crippen molar-refractivity contribution >= 4 is 60.8 Å². The van der Waals surface area contributed by atoms with Crippen LogP contribution in [0.15, 0.2) is 235 Å². The fourth-order valence-corrected chi connectivity index (χ4v) is 10.6. The second-order valence-corrected chi connectivity index (χ2v) is 18.1. The molecular formula is C63H44N2O. The van der Waals surface area contributed by atoms with Gasteiger partial charge in [0.2, 0.25) is 0 Å². The molecular weight excluding hydrogens is 801 g/mol. The predicted molar refractivity (Wildman–Crippen MR) is 277 cm³/mol. The van der Waals surface area contributed by atoms with E-state index in [2.05, 4.69) is 242 Å². The molecule has 12 aromatic rings. The molecule has 3 heteroatoms. The Kier molecular flexibility index (Phi) is 8.56. The van der Waals surface area contributed by atoms with Crippen LogP contribution in [0.25, 0.3) is 93.9 Å².